The quantitative estimate of drug-likeness (QED) is 0.865. The molecule has 0 unspecified atom stereocenters. The number of rotatable bonds is 4. The molecule has 3 rings (SSSR count). The first kappa shape index (κ1) is 14.9. The molecule has 0 atom stereocenters. The van der Waals surface area contributed by atoms with Gasteiger partial charge in [-0.05, 0) is 49.7 Å². The summed E-state index contributed by atoms with van der Waals surface area (Å²) in [4.78, 5) is 0. The smallest absolute Gasteiger partial charge is 0.128 e. The second-order valence-electron chi connectivity index (χ2n) is 5.12. The van der Waals surface area contributed by atoms with Crippen LogP contribution in [0.25, 0.3) is 0 Å². The number of piperidine rings is 1. The molecule has 1 fully saturated rings. The van der Waals surface area contributed by atoms with Gasteiger partial charge in [0.05, 0.1) is 17.3 Å². The van der Waals surface area contributed by atoms with E-state index in [0.717, 1.165) is 31.0 Å². The summed E-state index contributed by atoms with van der Waals surface area (Å²) in [6, 6.07) is 7.28. The Balaban J connectivity index is 1.69. The minimum absolute atomic E-state index is 0.247. The molecule has 21 heavy (non-hydrogen) atoms. The molecule has 1 saturated heterocycles. The van der Waals surface area contributed by atoms with Gasteiger partial charge in [0.15, 0.2) is 0 Å². The Labute approximate surface area is 132 Å². The van der Waals surface area contributed by atoms with Crippen LogP contribution in [0.2, 0.25) is 5.02 Å². The highest BCUT2D eigenvalue weighted by molar-refractivity contribution is 7.98. The largest absolute Gasteiger partial charge is 0.317 e. The normalized spacial score (nSPS) is 16.3. The molecule has 1 aromatic heterocycles. The number of nitrogens with one attached hydrogen (secondary N) is 1. The number of thioether (sulfide) groups is 1. The zero-order chi connectivity index (χ0) is 14.7. The molecule has 2 aromatic rings. The molecular weight excluding hydrogens is 309 g/mol. The number of aromatic nitrogens is 2. The van der Waals surface area contributed by atoms with Crippen molar-refractivity contribution in [2.24, 2.45) is 0 Å². The number of halogens is 2. The molecule has 1 N–H and O–H groups in total. The van der Waals surface area contributed by atoms with Crippen molar-refractivity contribution in [2.45, 2.75) is 29.7 Å². The SMILES string of the molecule is Fc1cc(Cl)ccc1CSc1ccnn1C1CCNCC1. The van der Waals surface area contributed by atoms with Crippen LogP contribution in [0.3, 0.4) is 0 Å². The Morgan fingerprint density at radius 2 is 2.14 bits per heavy atom. The van der Waals surface area contributed by atoms with Crippen LogP contribution < -0.4 is 5.32 Å². The second-order valence-corrected chi connectivity index (χ2v) is 6.55. The van der Waals surface area contributed by atoms with Gasteiger partial charge in [-0.25, -0.2) is 4.39 Å². The van der Waals surface area contributed by atoms with Gasteiger partial charge in [0.1, 0.15) is 5.82 Å². The highest BCUT2D eigenvalue weighted by atomic mass is 35.5. The topological polar surface area (TPSA) is 29.9 Å². The van der Waals surface area contributed by atoms with E-state index in [9.17, 15) is 4.39 Å². The molecule has 3 nitrogen and oxygen atoms in total. The molecule has 0 saturated carbocycles. The summed E-state index contributed by atoms with van der Waals surface area (Å²) in [7, 11) is 0. The first-order valence-corrected chi connectivity index (χ1v) is 8.41. The van der Waals surface area contributed by atoms with Gasteiger partial charge in [-0.15, -0.1) is 11.8 Å². The summed E-state index contributed by atoms with van der Waals surface area (Å²) in [5.41, 5.74) is 0.669. The van der Waals surface area contributed by atoms with Crippen LogP contribution >= 0.6 is 23.4 Å². The maximum absolute atomic E-state index is 13.8. The first-order chi connectivity index (χ1) is 10.2. The first-order valence-electron chi connectivity index (χ1n) is 7.05. The molecule has 0 spiro atoms. The fourth-order valence-corrected chi connectivity index (χ4v) is 3.71. The van der Waals surface area contributed by atoms with Gasteiger partial charge in [0.2, 0.25) is 0 Å². The third-order valence-corrected chi connectivity index (χ3v) is 4.99. The molecule has 2 heterocycles. The standard InChI is InChI=1S/C15H17ClFN3S/c16-12-2-1-11(14(17)9-12)10-21-15-5-8-19-20(15)13-3-6-18-7-4-13/h1-2,5,8-9,13,18H,3-4,6-7,10H2. The van der Waals surface area contributed by atoms with E-state index in [1.165, 1.54) is 6.07 Å². The van der Waals surface area contributed by atoms with Crippen molar-refractivity contribution >= 4 is 23.4 Å². The van der Waals surface area contributed by atoms with Crippen molar-refractivity contribution < 1.29 is 4.39 Å². The molecule has 0 radical (unpaired) electrons. The molecular formula is C15H17ClFN3S. The van der Waals surface area contributed by atoms with E-state index in [2.05, 4.69) is 15.1 Å². The Morgan fingerprint density at radius 1 is 1.33 bits per heavy atom. The van der Waals surface area contributed by atoms with Crippen molar-refractivity contribution in [2.75, 3.05) is 13.1 Å². The van der Waals surface area contributed by atoms with Gasteiger partial charge in [0, 0.05) is 10.8 Å². The number of benzene rings is 1. The van der Waals surface area contributed by atoms with Crippen LogP contribution in [0.5, 0.6) is 0 Å². The lowest BCUT2D eigenvalue weighted by atomic mass is 10.1. The lowest BCUT2D eigenvalue weighted by Crippen LogP contribution is -2.30. The third-order valence-electron chi connectivity index (χ3n) is 3.68. The monoisotopic (exact) mass is 325 g/mol. The van der Waals surface area contributed by atoms with E-state index >= 15 is 0 Å². The molecule has 0 bridgehead atoms. The van der Waals surface area contributed by atoms with Crippen LogP contribution in [0.1, 0.15) is 24.4 Å². The van der Waals surface area contributed by atoms with E-state index in [1.54, 1.807) is 23.9 Å². The Morgan fingerprint density at radius 3 is 2.90 bits per heavy atom. The molecule has 0 amide bonds. The van der Waals surface area contributed by atoms with Gasteiger partial charge < -0.3 is 5.32 Å². The predicted molar refractivity (Wildman–Crippen MR) is 84.3 cm³/mol. The Bertz CT molecular complexity index is 611. The Hall–Kier alpha value is -1.04. The van der Waals surface area contributed by atoms with Crippen LogP contribution in [0, 0.1) is 5.82 Å². The molecule has 6 heteroatoms. The lowest BCUT2D eigenvalue weighted by Gasteiger charge is -2.24. The van der Waals surface area contributed by atoms with Crippen molar-refractivity contribution in [1.29, 1.82) is 0 Å². The Kier molecular flexibility index (Phi) is 4.83. The summed E-state index contributed by atoms with van der Waals surface area (Å²) in [5, 5.41) is 9.32. The zero-order valence-corrected chi connectivity index (χ0v) is 13.1. The summed E-state index contributed by atoms with van der Waals surface area (Å²) >= 11 is 7.39. The van der Waals surface area contributed by atoms with E-state index in [1.807, 2.05) is 12.3 Å². The average Bonchev–Trinajstić information content (AvgIpc) is 2.96. The van der Waals surface area contributed by atoms with Crippen LogP contribution in [-0.2, 0) is 5.75 Å². The number of nitrogens with zero attached hydrogens (tertiary/aromatic N) is 2. The summed E-state index contributed by atoms with van der Waals surface area (Å²) in [6.07, 6.45) is 4.00. The van der Waals surface area contributed by atoms with Crippen molar-refractivity contribution in [3.63, 3.8) is 0 Å². The molecule has 1 aromatic carbocycles. The lowest BCUT2D eigenvalue weighted by molar-refractivity contribution is 0.326. The highest BCUT2D eigenvalue weighted by Crippen LogP contribution is 2.29. The van der Waals surface area contributed by atoms with E-state index in [-0.39, 0.29) is 5.82 Å². The van der Waals surface area contributed by atoms with E-state index < -0.39 is 0 Å². The maximum Gasteiger partial charge on any atom is 0.128 e. The van der Waals surface area contributed by atoms with Gasteiger partial charge in [0.25, 0.3) is 0 Å². The zero-order valence-electron chi connectivity index (χ0n) is 11.6. The minimum atomic E-state index is -0.247. The minimum Gasteiger partial charge on any atom is -0.317 e. The summed E-state index contributed by atoms with van der Waals surface area (Å²) in [5.74, 6) is 0.336. The van der Waals surface area contributed by atoms with Crippen molar-refractivity contribution in [3.8, 4) is 0 Å². The molecule has 1 aliphatic rings. The van der Waals surface area contributed by atoms with Crippen molar-refractivity contribution in [1.82, 2.24) is 15.1 Å². The van der Waals surface area contributed by atoms with Gasteiger partial charge in [-0.2, -0.15) is 5.10 Å². The maximum atomic E-state index is 13.8. The van der Waals surface area contributed by atoms with E-state index in [4.69, 9.17) is 11.6 Å². The van der Waals surface area contributed by atoms with Crippen LogP contribution in [0.15, 0.2) is 35.5 Å². The fraction of sp³-hybridized carbons (Fsp3) is 0.400. The molecule has 1 aliphatic heterocycles. The van der Waals surface area contributed by atoms with Crippen molar-refractivity contribution in [3.05, 3.63) is 46.9 Å². The number of hydrogen-bond donors (Lipinski definition) is 1. The van der Waals surface area contributed by atoms with Gasteiger partial charge in [-0.1, -0.05) is 17.7 Å². The van der Waals surface area contributed by atoms with Crippen LogP contribution in [0.4, 0.5) is 4.39 Å². The fourth-order valence-electron chi connectivity index (χ4n) is 2.53. The predicted octanol–water partition coefficient (Wildman–Crippen LogP) is 3.89. The third kappa shape index (κ3) is 3.59. The number of hydrogen-bond acceptors (Lipinski definition) is 3. The van der Waals surface area contributed by atoms with Gasteiger partial charge in [-0.3, -0.25) is 4.68 Å². The summed E-state index contributed by atoms with van der Waals surface area (Å²) in [6.45, 7) is 2.06. The van der Waals surface area contributed by atoms with Gasteiger partial charge >= 0.3 is 0 Å². The highest BCUT2D eigenvalue weighted by Gasteiger charge is 2.18. The molecule has 112 valence electrons. The summed E-state index contributed by atoms with van der Waals surface area (Å²) < 4.78 is 15.9. The van der Waals surface area contributed by atoms with Crippen LogP contribution in [-0.4, -0.2) is 22.9 Å². The average molecular weight is 326 g/mol. The van der Waals surface area contributed by atoms with E-state index in [0.29, 0.717) is 22.4 Å². The second kappa shape index (κ2) is 6.81. The molecule has 0 aliphatic carbocycles.